The molecule has 3 aromatic rings. The van der Waals surface area contributed by atoms with E-state index in [4.69, 9.17) is 16.3 Å². The molecule has 0 heterocycles. The van der Waals surface area contributed by atoms with Gasteiger partial charge in [-0.3, -0.25) is 9.59 Å². The zero-order valence-corrected chi connectivity index (χ0v) is 19.4. The molecule has 0 spiro atoms. The first-order chi connectivity index (χ1) is 16.1. The first kappa shape index (κ1) is 24.4. The first-order valence-electron chi connectivity index (χ1n) is 10.3. The summed E-state index contributed by atoms with van der Waals surface area (Å²) in [6, 6.07) is 24.3. The van der Waals surface area contributed by atoms with E-state index in [0.717, 1.165) is 22.4 Å². The maximum Gasteiger partial charge on any atom is 0.258 e. The largest absolute Gasteiger partial charge is 0.484 e. The Morgan fingerprint density at radius 3 is 2.36 bits per heavy atom. The Kier molecular flexibility index (Phi) is 9.82. The monoisotopic (exact) mass is 481 g/mol. The molecule has 0 fully saturated rings. The Hall–Kier alpha value is -3.29. The molecule has 0 atom stereocenters. The van der Waals surface area contributed by atoms with Crippen molar-refractivity contribution in [3.63, 3.8) is 0 Å². The number of hydrogen-bond donors (Lipinski definition) is 2. The van der Waals surface area contributed by atoms with Crippen molar-refractivity contribution < 1.29 is 14.3 Å². The van der Waals surface area contributed by atoms with Gasteiger partial charge in [0, 0.05) is 17.3 Å². The summed E-state index contributed by atoms with van der Waals surface area (Å²) in [4.78, 5) is 23.8. The minimum Gasteiger partial charge on any atom is -0.484 e. The van der Waals surface area contributed by atoms with Gasteiger partial charge >= 0.3 is 0 Å². The van der Waals surface area contributed by atoms with E-state index in [-0.39, 0.29) is 18.4 Å². The van der Waals surface area contributed by atoms with Gasteiger partial charge in [-0.05, 0) is 53.1 Å². The molecular weight excluding hydrogens is 458 g/mol. The molecule has 6 nitrogen and oxygen atoms in total. The van der Waals surface area contributed by atoms with Gasteiger partial charge in [0.05, 0.1) is 12.0 Å². The molecule has 8 heteroatoms. The van der Waals surface area contributed by atoms with Crippen LogP contribution in [-0.4, -0.2) is 30.4 Å². The van der Waals surface area contributed by atoms with Crippen molar-refractivity contribution in [3.8, 4) is 5.75 Å². The van der Waals surface area contributed by atoms with Gasteiger partial charge in [-0.2, -0.15) is 5.10 Å². The second kappa shape index (κ2) is 13.3. The molecule has 0 aromatic heterocycles. The number of nitrogens with one attached hydrogen (secondary N) is 2. The average molecular weight is 482 g/mol. The van der Waals surface area contributed by atoms with E-state index in [0.29, 0.717) is 23.1 Å². The summed E-state index contributed by atoms with van der Waals surface area (Å²) in [5, 5.41) is 7.48. The molecule has 3 rings (SSSR count). The lowest BCUT2D eigenvalue weighted by molar-refractivity contribution is -0.123. The highest BCUT2D eigenvalue weighted by Crippen LogP contribution is 2.15. The maximum atomic E-state index is 11.9. The third-order valence-electron chi connectivity index (χ3n) is 4.40. The van der Waals surface area contributed by atoms with Gasteiger partial charge in [0.1, 0.15) is 5.75 Å². The number of carbonyl (C=O) groups excluding carboxylic acids is 2. The van der Waals surface area contributed by atoms with E-state index in [1.807, 2.05) is 54.6 Å². The van der Waals surface area contributed by atoms with Gasteiger partial charge in [-0.15, -0.1) is 11.8 Å². The fourth-order valence-corrected chi connectivity index (χ4v) is 3.61. The van der Waals surface area contributed by atoms with Gasteiger partial charge in [0.15, 0.2) is 6.61 Å². The number of hydrazone groups is 1. The topological polar surface area (TPSA) is 79.8 Å². The van der Waals surface area contributed by atoms with E-state index in [1.165, 1.54) is 11.8 Å². The number of carbonyl (C=O) groups is 2. The minimum atomic E-state index is -0.193. The lowest BCUT2D eigenvalue weighted by Crippen LogP contribution is -2.28. The lowest BCUT2D eigenvalue weighted by Gasteiger charge is -2.08. The molecule has 0 saturated heterocycles. The summed E-state index contributed by atoms with van der Waals surface area (Å²) >= 11 is 7.36. The van der Waals surface area contributed by atoms with Crippen LogP contribution in [0.4, 0.5) is 0 Å². The molecule has 0 unspecified atom stereocenters. The summed E-state index contributed by atoms with van der Waals surface area (Å²) < 4.78 is 5.50. The minimum absolute atomic E-state index is 0.0655. The predicted octanol–water partition coefficient (Wildman–Crippen LogP) is 4.42. The molecule has 0 aliphatic carbocycles. The maximum absolute atomic E-state index is 11.9. The summed E-state index contributed by atoms with van der Waals surface area (Å²) in [5.74, 6) is 1.23. The molecule has 0 saturated carbocycles. The van der Waals surface area contributed by atoms with Crippen LogP contribution in [0.15, 0.2) is 84.0 Å². The molecule has 0 radical (unpaired) electrons. The highest BCUT2D eigenvalue weighted by atomic mass is 35.5. The quantitative estimate of drug-likeness (QED) is 0.314. The van der Waals surface area contributed by atoms with Crippen molar-refractivity contribution in [1.82, 2.24) is 10.7 Å². The van der Waals surface area contributed by atoms with Crippen LogP contribution >= 0.6 is 23.4 Å². The van der Waals surface area contributed by atoms with Gasteiger partial charge in [0.25, 0.3) is 5.91 Å². The molecule has 170 valence electrons. The third kappa shape index (κ3) is 9.39. The number of thioether (sulfide) groups is 1. The fourth-order valence-electron chi connectivity index (χ4n) is 2.70. The summed E-state index contributed by atoms with van der Waals surface area (Å²) in [5.41, 5.74) is 5.45. The van der Waals surface area contributed by atoms with Crippen LogP contribution in [0.1, 0.15) is 16.7 Å². The van der Waals surface area contributed by atoms with E-state index in [1.54, 1.807) is 30.5 Å². The van der Waals surface area contributed by atoms with Crippen molar-refractivity contribution >= 4 is 41.4 Å². The smallest absolute Gasteiger partial charge is 0.258 e. The van der Waals surface area contributed by atoms with Gasteiger partial charge < -0.3 is 10.1 Å². The number of halogens is 1. The van der Waals surface area contributed by atoms with Crippen molar-refractivity contribution in [1.29, 1.82) is 0 Å². The fraction of sp³-hybridized carbons (Fsp3) is 0.160. The van der Waals surface area contributed by atoms with E-state index in [2.05, 4.69) is 15.8 Å². The lowest BCUT2D eigenvalue weighted by atomic mass is 10.2. The van der Waals surface area contributed by atoms with Crippen molar-refractivity contribution in [2.75, 3.05) is 12.4 Å². The Bertz CT molecular complexity index is 1060. The number of nitrogens with zero attached hydrogens (tertiary/aromatic N) is 1. The second-order valence-electron chi connectivity index (χ2n) is 7.03. The number of rotatable bonds is 11. The number of hydrogen-bond acceptors (Lipinski definition) is 5. The Morgan fingerprint density at radius 1 is 0.909 bits per heavy atom. The molecule has 2 N–H and O–H groups in total. The van der Waals surface area contributed by atoms with E-state index >= 15 is 0 Å². The van der Waals surface area contributed by atoms with Crippen molar-refractivity contribution in [2.24, 2.45) is 5.10 Å². The second-order valence-corrected chi connectivity index (χ2v) is 8.45. The normalized spacial score (nSPS) is 10.7. The molecule has 3 aromatic carbocycles. The summed E-state index contributed by atoms with van der Waals surface area (Å²) in [7, 11) is 0. The number of amides is 2. The van der Waals surface area contributed by atoms with Gasteiger partial charge in [-0.25, -0.2) is 5.43 Å². The highest BCUT2D eigenvalue weighted by Gasteiger charge is 2.03. The molecular formula is C25H24ClN3O3S. The number of benzene rings is 3. The molecule has 2 amide bonds. The Balaban J connectivity index is 1.32. The molecule has 0 aliphatic heterocycles. The standard InChI is InChI=1S/C25H24ClN3O3S/c26-22-10-6-21(7-11-22)17-33-18-25(31)29-28-15-20-8-12-23(13-9-20)32-16-24(30)27-14-19-4-2-1-3-5-19/h1-13,15H,14,16-18H2,(H,27,30)(H,29,31). The van der Waals surface area contributed by atoms with Crippen LogP contribution in [0, 0.1) is 0 Å². The first-order valence-corrected chi connectivity index (χ1v) is 11.8. The average Bonchev–Trinajstić information content (AvgIpc) is 2.84. The Labute approximate surface area is 202 Å². The van der Waals surface area contributed by atoms with Crippen LogP contribution in [0.3, 0.4) is 0 Å². The SMILES string of the molecule is O=C(COc1ccc(C=NNC(=O)CSCc2ccc(Cl)cc2)cc1)NCc1ccccc1. The zero-order valence-electron chi connectivity index (χ0n) is 17.9. The summed E-state index contributed by atoms with van der Waals surface area (Å²) in [6.07, 6.45) is 1.55. The van der Waals surface area contributed by atoms with Crippen LogP contribution in [0.5, 0.6) is 5.75 Å². The third-order valence-corrected chi connectivity index (χ3v) is 5.66. The van der Waals surface area contributed by atoms with Crippen LogP contribution < -0.4 is 15.5 Å². The van der Waals surface area contributed by atoms with E-state index < -0.39 is 0 Å². The van der Waals surface area contributed by atoms with Crippen LogP contribution in [0.2, 0.25) is 5.02 Å². The van der Waals surface area contributed by atoms with Crippen LogP contribution in [0.25, 0.3) is 0 Å². The van der Waals surface area contributed by atoms with Crippen LogP contribution in [-0.2, 0) is 21.9 Å². The molecule has 0 bridgehead atoms. The zero-order chi connectivity index (χ0) is 23.3. The van der Waals surface area contributed by atoms with Gasteiger partial charge in [-0.1, -0.05) is 54.1 Å². The van der Waals surface area contributed by atoms with Crippen molar-refractivity contribution in [3.05, 3.63) is 101 Å². The number of ether oxygens (including phenoxy) is 1. The van der Waals surface area contributed by atoms with E-state index in [9.17, 15) is 9.59 Å². The molecule has 0 aliphatic rings. The molecule has 33 heavy (non-hydrogen) atoms. The van der Waals surface area contributed by atoms with Crippen molar-refractivity contribution in [2.45, 2.75) is 12.3 Å². The summed E-state index contributed by atoms with van der Waals surface area (Å²) in [6.45, 7) is 0.397. The highest BCUT2D eigenvalue weighted by molar-refractivity contribution is 7.99. The predicted molar refractivity (Wildman–Crippen MR) is 134 cm³/mol. The Morgan fingerprint density at radius 2 is 1.64 bits per heavy atom. The van der Waals surface area contributed by atoms with Gasteiger partial charge in [0.2, 0.25) is 5.91 Å².